The van der Waals surface area contributed by atoms with Crippen LogP contribution in [0.4, 0.5) is 22.0 Å². The Kier molecular flexibility index (Phi) is 6.44. The molecule has 13 heteroatoms. The van der Waals surface area contributed by atoms with Crippen molar-refractivity contribution < 1.29 is 36.4 Å². The van der Waals surface area contributed by atoms with E-state index in [1.807, 2.05) is 0 Å². The Morgan fingerprint density at radius 3 is 2.38 bits per heavy atom. The molecule has 3 aromatic rings. The number of rotatable bonds is 5. The summed E-state index contributed by atoms with van der Waals surface area (Å²) in [6, 6.07) is 1.19. The summed E-state index contributed by atoms with van der Waals surface area (Å²) in [5.74, 6) is -3.53. The van der Waals surface area contributed by atoms with Crippen LogP contribution in [-0.4, -0.2) is 37.7 Å². The predicted octanol–water partition coefficient (Wildman–Crippen LogP) is 4.23. The second-order valence-corrected chi connectivity index (χ2v) is 7.96. The Bertz CT molecular complexity index is 1170. The number of alkyl halides is 3. The third-order valence-corrected chi connectivity index (χ3v) is 5.65. The number of phenolic OH excluding ortho intramolecular Hbond substituents is 1. The summed E-state index contributed by atoms with van der Waals surface area (Å²) >= 11 is 0. The van der Waals surface area contributed by atoms with Gasteiger partial charge in [0.25, 0.3) is 5.91 Å². The maximum Gasteiger partial charge on any atom is 0.419 e. The van der Waals surface area contributed by atoms with Crippen LogP contribution in [0.1, 0.15) is 53.4 Å². The van der Waals surface area contributed by atoms with Gasteiger partial charge >= 0.3 is 6.18 Å². The van der Waals surface area contributed by atoms with Crippen LogP contribution in [0.2, 0.25) is 0 Å². The first-order valence-electron chi connectivity index (χ1n) is 10.3. The molecule has 4 rings (SSSR count). The number of hydrogen-bond acceptors (Lipinski definition) is 7. The fraction of sp³-hybridized carbons (Fsp3) is 0.381. The second kappa shape index (κ2) is 9.31. The van der Waals surface area contributed by atoms with Gasteiger partial charge in [0, 0.05) is 30.9 Å². The summed E-state index contributed by atoms with van der Waals surface area (Å²) in [5, 5.41) is 15.5. The Hall–Kier alpha value is -3.64. The van der Waals surface area contributed by atoms with Gasteiger partial charge in [0.15, 0.2) is 11.6 Å². The molecule has 1 amide bonds. The van der Waals surface area contributed by atoms with Crippen molar-refractivity contribution in [1.29, 1.82) is 0 Å². The molecule has 8 nitrogen and oxygen atoms in total. The van der Waals surface area contributed by atoms with Crippen molar-refractivity contribution in [2.75, 3.05) is 6.54 Å². The lowest BCUT2D eigenvalue weighted by molar-refractivity contribution is -0.138. The highest BCUT2D eigenvalue weighted by atomic mass is 19.4. The van der Waals surface area contributed by atoms with Gasteiger partial charge in [-0.3, -0.25) is 4.79 Å². The smallest absolute Gasteiger partial charge is 0.419 e. The van der Waals surface area contributed by atoms with Gasteiger partial charge in [-0.1, -0.05) is 5.16 Å². The van der Waals surface area contributed by atoms with Gasteiger partial charge in [0.05, 0.1) is 11.1 Å². The SMILES string of the molecule is O=C(NCC1CCC(c2nc(-c3ncc(C(F)(F)F)cn3)no2)CC1)c1cc(F)c(O)cc1F. The first-order chi connectivity index (χ1) is 16.1. The molecule has 0 bridgehead atoms. The molecule has 1 aliphatic carbocycles. The van der Waals surface area contributed by atoms with Crippen LogP contribution in [0.15, 0.2) is 29.0 Å². The number of carbonyl (C=O) groups is 1. The molecule has 2 N–H and O–H groups in total. The first kappa shape index (κ1) is 23.5. The van der Waals surface area contributed by atoms with Crippen molar-refractivity contribution >= 4 is 5.91 Å². The molecule has 1 aliphatic rings. The summed E-state index contributed by atoms with van der Waals surface area (Å²) in [7, 11) is 0. The molecule has 0 saturated heterocycles. The summed E-state index contributed by atoms with van der Waals surface area (Å²) in [5.41, 5.74) is -1.48. The molecule has 2 heterocycles. The van der Waals surface area contributed by atoms with Gasteiger partial charge in [0.2, 0.25) is 17.5 Å². The zero-order valence-corrected chi connectivity index (χ0v) is 17.4. The maximum atomic E-state index is 13.8. The van der Waals surface area contributed by atoms with Crippen molar-refractivity contribution in [2.45, 2.75) is 37.8 Å². The Labute approximate surface area is 189 Å². The number of benzene rings is 1. The van der Waals surface area contributed by atoms with Crippen LogP contribution < -0.4 is 5.32 Å². The average Bonchev–Trinajstić information content (AvgIpc) is 3.30. The van der Waals surface area contributed by atoms with Crippen molar-refractivity contribution in [1.82, 2.24) is 25.4 Å². The molecule has 1 aromatic carbocycles. The minimum Gasteiger partial charge on any atom is -0.505 e. The number of hydrogen-bond donors (Lipinski definition) is 2. The largest absolute Gasteiger partial charge is 0.505 e. The van der Waals surface area contributed by atoms with Crippen LogP contribution in [-0.2, 0) is 6.18 Å². The van der Waals surface area contributed by atoms with E-state index in [2.05, 4.69) is 25.4 Å². The van der Waals surface area contributed by atoms with Crippen LogP contribution in [0.3, 0.4) is 0 Å². The van der Waals surface area contributed by atoms with E-state index >= 15 is 0 Å². The standard InChI is InChI=1S/C21H18F5N5O3/c22-14-6-16(32)15(23)5-13(14)19(33)29-7-10-1-3-11(4-2-10)20-30-18(31-34-20)17-27-8-12(9-28-17)21(24,25)26/h5-6,8-11,32H,1-4,7H2,(H,29,33). The number of nitrogens with zero attached hydrogens (tertiary/aromatic N) is 4. The Balaban J connectivity index is 1.30. The molecule has 0 aliphatic heterocycles. The van der Waals surface area contributed by atoms with Crippen molar-refractivity contribution in [3.63, 3.8) is 0 Å². The van der Waals surface area contributed by atoms with Crippen LogP contribution >= 0.6 is 0 Å². The zero-order chi connectivity index (χ0) is 24.5. The molecule has 1 saturated carbocycles. The lowest BCUT2D eigenvalue weighted by Gasteiger charge is -2.26. The molecule has 0 unspecified atom stereocenters. The van der Waals surface area contributed by atoms with Gasteiger partial charge in [0.1, 0.15) is 5.82 Å². The van der Waals surface area contributed by atoms with Crippen LogP contribution in [0.5, 0.6) is 5.75 Å². The molecule has 2 aromatic heterocycles. The van der Waals surface area contributed by atoms with E-state index in [-0.39, 0.29) is 30.0 Å². The summed E-state index contributed by atoms with van der Waals surface area (Å²) in [6.07, 6.45) is -0.575. The molecule has 0 radical (unpaired) electrons. The highest BCUT2D eigenvalue weighted by Gasteiger charge is 2.32. The zero-order valence-electron chi connectivity index (χ0n) is 17.4. The predicted molar refractivity (Wildman–Crippen MR) is 105 cm³/mol. The lowest BCUT2D eigenvalue weighted by Crippen LogP contribution is -2.31. The molecule has 180 valence electrons. The quantitative estimate of drug-likeness (QED) is 0.522. The number of carbonyl (C=O) groups excluding carboxylic acids is 1. The molecule has 1 fully saturated rings. The van der Waals surface area contributed by atoms with Gasteiger partial charge in [-0.25, -0.2) is 18.7 Å². The highest BCUT2D eigenvalue weighted by Crippen LogP contribution is 2.35. The summed E-state index contributed by atoms with van der Waals surface area (Å²) in [4.78, 5) is 23.7. The molecular formula is C21H18F5N5O3. The average molecular weight is 483 g/mol. The normalized spacial score (nSPS) is 18.6. The Morgan fingerprint density at radius 2 is 1.74 bits per heavy atom. The van der Waals surface area contributed by atoms with Crippen molar-refractivity contribution in [3.05, 3.63) is 53.2 Å². The minimum atomic E-state index is -4.55. The van der Waals surface area contributed by atoms with E-state index in [9.17, 15) is 26.7 Å². The fourth-order valence-electron chi connectivity index (χ4n) is 3.74. The first-order valence-corrected chi connectivity index (χ1v) is 10.3. The third-order valence-electron chi connectivity index (χ3n) is 5.65. The topological polar surface area (TPSA) is 114 Å². The molecular weight excluding hydrogens is 465 g/mol. The molecule has 0 spiro atoms. The molecule has 34 heavy (non-hydrogen) atoms. The van der Waals surface area contributed by atoms with E-state index < -0.39 is 40.6 Å². The van der Waals surface area contributed by atoms with Gasteiger partial charge in [-0.05, 0) is 37.7 Å². The monoisotopic (exact) mass is 483 g/mol. The van der Waals surface area contributed by atoms with Gasteiger partial charge in [-0.15, -0.1) is 0 Å². The number of aromatic nitrogens is 4. The molecule has 0 atom stereocenters. The number of phenols is 1. The number of halogens is 5. The highest BCUT2D eigenvalue weighted by molar-refractivity contribution is 5.94. The maximum absolute atomic E-state index is 13.8. The van der Waals surface area contributed by atoms with E-state index in [0.717, 1.165) is 0 Å². The fourth-order valence-corrected chi connectivity index (χ4v) is 3.74. The van der Waals surface area contributed by atoms with Gasteiger partial charge in [-0.2, -0.15) is 18.2 Å². The summed E-state index contributed by atoms with van der Waals surface area (Å²) < 4.78 is 70.4. The van der Waals surface area contributed by atoms with Crippen molar-refractivity contribution in [3.8, 4) is 17.4 Å². The summed E-state index contributed by atoms with van der Waals surface area (Å²) in [6.45, 7) is 0.252. The van der Waals surface area contributed by atoms with Crippen molar-refractivity contribution in [2.24, 2.45) is 5.92 Å². The Morgan fingerprint density at radius 1 is 1.06 bits per heavy atom. The van der Waals surface area contributed by atoms with Crippen LogP contribution in [0, 0.1) is 17.6 Å². The lowest BCUT2D eigenvalue weighted by atomic mass is 9.82. The second-order valence-electron chi connectivity index (χ2n) is 7.96. The van der Waals surface area contributed by atoms with E-state index in [0.29, 0.717) is 56.1 Å². The third kappa shape index (κ3) is 5.13. The number of nitrogens with one attached hydrogen (secondary N) is 1. The van der Waals surface area contributed by atoms with Crippen LogP contribution in [0.25, 0.3) is 11.6 Å². The minimum absolute atomic E-state index is 0.0127. The van der Waals surface area contributed by atoms with E-state index in [4.69, 9.17) is 9.63 Å². The number of amides is 1. The van der Waals surface area contributed by atoms with E-state index in [1.165, 1.54) is 0 Å². The number of aromatic hydroxyl groups is 1. The van der Waals surface area contributed by atoms with Gasteiger partial charge < -0.3 is 14.9 Å². The van der Waals surface area contributed by atoms with E-state index in [1.54, 1.807) is 0 Å².